The molecule has 1 heterocycles. The average Bonchev–Trinajstić information content (AvgIpc) is 3.08. The third-order valence-electron chi connectivity index (χ3n) is 4.50. The number of carbonyl (C=O) groups is 3. The number of anilines is 2. The van der Waals surface area contributed by atoms with Crippen molar-refractivity contribution in [2.45, 2.75) is 13.3 Å². The molecule has 7 heteroatoms. The highest BCUT2D eigenvalue weighted by Gasteiger charge is 2.36. The number of hydrogen-bond acceptors (Lipinski definition) is 5. The van der Waals surface area contributed by atoms with Crippen LogP contribution >= 0.6 is 0 Å². The highest BCUT2D eigenvalue weighted by atomic mass is 16.5. The van der Waals surface area contributed by atoms with Crippen LogP contribution in [-0.2, 0) is 19.1 Å². The first-order valence-electron chi connectivity index (χ1n) is 8.94. The monoisotopic (exact) mass is 382 g/mol. The number of methoxy groups -OCH3 is 1. The van der Waals surface area contributed by atoms with E-state index >= 15 is 0 Å². The number of nitrogens with one attached hydrogen (secondary N) is 1. The van der Waals surface area contributed by atoms with Crippen LogP contribution in [0.3, 0.4) is 0 Å². The Bertz CT molecular complexity index is 896. The van der Waals surface area contributed by atoms with Crippen molar-refractivity contribution in [2.24, 2.45) is 5.92 Å². The van der Waals surface area contributed by atoms with Crippen molar-refractivity contribution in [3.8, 4) is 5.75 Å². The lowest BCUT2D eigenvalue weighted by atomic mass is 10.1. The number of hydrogen-bond donors (Lipinski definition) is 1. The standard InChI is InChI=1S/C21H22N2O5/c1-14-6-5-7-16(10-14)23-12-15(11-20(23)25)21(26)28-13-19(24)22-17-8-3-4-9-18(17)27-2/h3-10,15H,11-13H2,1-2H3,(H,22,24)/t15-/m0/s1. The summed E-state index contributed by atoms with van der Waals surface area (Å²) in [6, 6.07) is 14.5. The van der Waals surface area contributed by atoms with Crippen LogP contribution in [0, 0.1) is 12.8 Å². The van der Waals surface area contributed by atoms with E-state index in [1.807, 2.05) is 31.2 Å². The van der Waals surface area contributed by atoms with Gasteiger partial charge in [0.25, 0.3) is 5.91 Å². The number of para-hydroxylation sites is 2. The second-order valence-electron chi connectivity index (χ2n) is 6.60. The molecule has 28 heavy (non-hydrogen) atoms. The molecule has 1 saturated heterocycles. The highest BCUT2D eigenvalue weighted by Crippen LogP contribution is 2.26. The SMILES string of the molecule is COc1ccccc1NC(=O)COC(=O)[C@H]1CC(=O)N(c2cccc(C)c2)C1. The molecular weight excluding hydrogens is 360 g/mol. The molecule has 0 unspecified atom stereocenters. The summed E-state index contributed by atoms with van der Waals surface area (Å²) in [5.41, 5.74) is 2.28. The summed E-state index contributed by atoms with van der Waals surface area (Å²) in [4.78, 5) is 38.2. The third kappa shape index (κ3) is 4.49. The number of ether oxygens (including phenoxy) is 2. The highest BCUT2D eigenvalue weighted by molar-refractivity contribution is 6.00. The van der Waals surface area contributed by atoms with Gasteiger partial charge in [0.15, 0.2) is 6.61 Å². The molecule has 1 aliphatic heterocycles. The molecule has 0 saturated carbocycles. The Morgan fingerprint density at radius 1 is 1.18 bits per heavy atom. The Hall–Kier alpha value is -3.35. The van der Waals surface area contributed by atoms with Gasteiger partial charge in [-0.15, -0.1) is 0 Å². The van der Waals surface area contributed by atoms with Crippen molar-refractivity contribution in [2.75, 3.05) is 30.5 Å². The average molecular weight is 382 g/mol. The number of esters is 1. The van der Waals surface area contributed by atoms with Crippen LogP contribution in [-0.4, -0.2) is 38.0 Å². The van der Waals surface area contributed by atoms with Crippen LogP contribution in [0.1, 0.15) is 12.0 Å². The number of aryl methyl sites for hydroxylation is 1. The molecule has 0 aromatic heterocycles. The molecule has 1 N–H and O–H groups in total. The molecule has 1 fully saturated rings. The maximum absolute atomic E-state index is 12.3. The van der Waals surface area contributed by atoms with E-state index in [9.17, 15) is 14.4 Å². The fraction of sp³-hybridized carbons (Fsp3) is 0.286. The summed E-state index contributed by atoms with van der Waals surface area (Å²) in [6.45, 7) is 1.76. The van der Waals surface area contributed by atoms with E-state index in [2.05, 4.69) is 5.32 Å². The lowest BCUT2D eigenvalue weighted by Crippen LogP contribution is -2.28. The molecule has 2 amide bonds. The molecule has 146 valence electrons. The number of benzene rings is 2. The summed E-state index contributed by atoms with van der Waals surface area (Å²) in [6.07, 6.45) is 0.0703. The van der Waals surface area contributed by atoms with E-state index in [1.54, 1.807) is 29.2 Å². The van der Waals surface area contributed by atoms with Crippen molar-refractivity contribution in [1.82, 2.24) is 0 Å². The lowest BCUT2D eigenvalue weighted by Gasteiger charge is -2.17. The lowest BCUT2D eigenvalue weighted by molar-refractivity contribution is -0.151. The van der Waals surface area contributed by atoms with E-state index in [1.165, 1.54) is 7.11 Å². The maximum atomic E-state index is 12.3. The summed E-state index contributed by atoms with van der Waals surface area (Å²) >= 11 is 0. The topological polar surface area (TPSA) is 84.9 Å². The number of carbonyl (C=O) groups excluding carboxylic acids is 3. The van der Waals surface area contributed by atoms with Gasteiger partial charge in [0.2, 0.25) is 5.91 Å². The van der Waals surface area contributed by atoms with E-state index in [0.29, 0.717) is 11.4 Å². The Kier molecular flexibility index (Phi) is 5.93. The molecule has 1 aliphatic rings. The molecule has 1 atom stereocenters. The van der Waals surface area contributed by atoms with E-state index in [4.69, 9.17) is 9.47 Å². The zero-order valence-electron chi connectivity index (χ0n) is 15.8. The zero-order valence-corrected chi connectivity index (χ0v) is 15.8. The van der Waals surface area contributed by atoms with Gasteiger partial charge in [-0.05, 0) is 36.8 Å². The summed E-state index contributed by atoms with van der Waals surface area (Å²) in [7, 11) is 1.50. The normalized spacial score (nSPS) is 16.0. The van der Waals surface area contributed by atoms with Gasteiger partial charge in [-0.2, -0.15) is 0 Å². The van der Waals surface area contributed by atoms with Gasteiger partial charge in [-0.25, -0.2) is 0 Å². The third-order valence-corrected chi connectivity index (χ3v) is 4.50. The molecule has 0 bridgehead atoms. The van der Waals surface area contributed by atoms with Crippen LogP contribution < -0.4 is 15.0 Å². The fourth-order valence-corrected chi connectivity index (χ4v) is 3.10. The van der Waals surface area contributed by atoms with Gasteiger partial charge in [-0.3, -0.25) is 14.4 Å². The van der Waals surface area contributed by atoms with Gasteiger partial charge in [0, 0.05) is 18.7 Å². The summed E-state index contributed by atoms with van der Waals surface area (Å²) < 4.78 is 10.3. The molecule has 3 rings (SSSR count). The molecule has 0 spiro atoms. The van der Waals surface area contributed by atoms with Gasteiger partial charge < -0.3 is 19.7 Å². The maximum Gasteiger partial charge on any atom is 0.311 e. The Morgan fingerprint density at radius 3 is 2.71 bits per heavy atom. The Labute approximate surface area is 163 Å². The van der Waals surface area contributed by atoms with Crippen LogP contribution in [0.25, 0.3) is 0 Å². The minimum absolute atomic E-state index is 0.0703. The smallest absolute Gasteiger partial charge is 0.311 e. The van der Waals surface area contributed by atoms with Gasteiger partial charge in [0.05, 0.1) is 18.7 Å². The quantitative estimate of drug-likeness (QED) is 0.776. The first-order valence-corrected chi connectivity index (χ1v) is 8.94. The van der Waals surface area contributed by atoms with Gasteiger partial charge in [-0.1, -0.05) is 24.3 Å². The van der Waals surface area contributed by atoms with Gasteiger partial charge in [0.1, 0.15) is 5.75 Å². The van der Waals surface area contributed by atoms with Crippen molar-refractivity contribution in [1.29, 1.82) is 0 Å². The summed E-state index contributed by atoms with van der Waals surface area (Å²) in [5, 5.41) is 2.64. The molecule has 2 aromatic rings. The molecule has 0 radical (unpaired) electrons. The van der Waals surface area contributed by atoms with Crippen molar-refractivity contribution >= 4 is 29.2 Å². The van der Waals surface area contributed by atoms with Gasteiger partial charge >= 0.3 is 5.97 Å². The zero-order chi connectivity index (χ0) is 20.1. The number of nitrogens with zero attached hydrogens (tertiary/aromatic N) is 1. The fourth-order valence-electron chi connectivity index (χ4n) is 3.10. The second-order valence-corrected chi connectivity index (χ2v) is 6.60. The molecular formula is C21H22N2O5. The first kappa shape index (κ1) is 19.4. The van der Waals surface area contributed by atoms with Crippen LogP contribution in [0.4, 0.5) is 11.4 Å². The summed E-state index contributed by atoms with van der Waals surface area (Å²) in [5.74, 6) is -1.24. The van der Waals surface area contributed by atoms with Crippen molar-refractivity contribution in [3.05, 3.63) is 54.1 Å². The predicted octanol–water partition coefficient (Wildman–Crippen LogP) is 2.54. The minimum Gasteiger partial charge on any atom is -0.495 e. The number of rotatable bonds is 6. The largest absolute Gasteiger partial charge is 0.495 e. The van der Waals surface area contributed by atoms with Crippen molar-refractivity contribution < 1.29 is 23.9 Å². The van der Waals surface area contributed by atoms with Crippen LogP contribution in [0.2, 0.25) is 0 Å². The van der Waals surface area contributed by atoms with Crippen LogP contribution in [0.5, 0.6) is 5.75 Å². The molecule has 0 aliphatic carbocycles. The second kappa shape index (κ2) is 8.56. The van der Waals surface area contributed by atoms with E-state index < -0.39 is 24.4 Å². The Balaban J connectivity index is 1.54. The Morgan fingerprint density at radius 2 is 1.96 bits per heavy atom. The van der Waals surface area contributed by atoms with E-state index in [0.717, 1.165) is 11.3 Å². The first-order chi connectivity index (χ1) is 13.5. The molecule has 7 nitrogen and oxygen atoms in total. The van der Waals surface area contributed by atoms with Crippen molar-refractivity contribution in [3.63, 3.8) is 0 Å². The number of amides is 2. The molecule has 2 aromatic carbocycles. The van der Waals surface area contributed by atoms with E-state index in [-0.39, 0.29) is 18.9 Å². The van der Waals surface area contributed by atoms with Crippen LogP contribution in [0.15, 0.2) is 48.5 Å². The predicted molar refractivity (Wildman–Crippen MR) is 104 cm³/mol. The minimum atomic E-state index is -0.591.